The van der Waals surface area contributed by atoms with E-state index in [1.165, 1.54) is 12.4 Å². The molecule has 0 bridgehead atoms. The fraction of sp³-hybridized carbons (Fsp3) is 0.500. The molecule has 0 aliphatic heterocycles. The molecule has 7 heteroatoms. The Hall–Kier alpha value is -1.21. The Labute approximate surface area is 108 Å². The number of hydrogen-bond donors (Lipinski definition) is 1. The first-order valence-electron chi connectivity index (χ1n) is 5.25. The highest BCUT2D eigenvalue weighted by atomic mass is 79.9. The molecule has 1 rings (SSSR count). The van der Waals surface area contributed by atoms with Crippen LogP contribution in [-0.2, 0) is 0 Å². The molecule has 0 aliphatic carbocycles. The third-order valence-electron chi connectivity index (χ3n) is 2.33. The van der Waals surface area contributed by atoms with Gasteiger partial charge in [0, 0.05) is 25.9 Å². The summed E-state index contributed by atoms with van der Waals surface area (Å²) in [6.07, 6.45) is 3.34. The minimum absolute atomic E-state index is 0.0286. The van der Waals surface area contributed by atoms with Crippen LogP contribution in [-0.4, -0.2) is 34.7 Å². The number of anilines is 1. The van der Waals surface area contributed by atoms with Gasteiger partial charge in [0.15, 0.2) is 0 Å². The van der Waals surface area contributed by atoms with E-state index in [2.05, 4.69) is 20.9 Å². The lowest BCUT2D eigenvalue weighted by Gasteiger charge is -2.23. The topological polar surface area (TPSA) is 79.5 Å². The van der Waals surface area contributed by atoms with Crippen molar-refractivity contribution in [3.8, 4) is 0 Å². The van der Waals surface area contributed by atoms with Gasteiger partial charge in [-0.3, -0.25) is 15.1 Å². The Morgan fingerprint density at radius 3 is 2.82 bits per heavy atom. The van der Waals surface area contributed by atoms with E-state index in [9.17, 15) is 10.1 Å². The Morgan fingerprint density at radius 2 is 2.29 bits per heavy atom. The van der Waals surface area contributed by atoms with E-state index >= 15 is 0 Å². The number of hydrogen-bond acceptors (Lipinski definition) is 5. The smallest absolute Gasteiger partial charge is 0.311 e. The van der Waals surface area contributed by atoms with Gasteiger partial charge in [-0.25, -0.2) is 0 Å². The van der Waals surface area contributed by atoms with Crippen LogP contribution in [0.25, 0.3) is 0 Å². The Morgan fingerprint density at radius 1 is 1.59 bits per heavy atom. The molecule has 1 aromatic heterocycles. The van der Waals surface area contributed by atoms with Gasteiger partial charge in [0.2, 0.25) is 0 Å². The first-order chi connectivity index (χ1) is 8.11. The van der Waals surface area contributed by atoms with Gasteiger partial charge in [0.05, 0.1) is 9.40 Å². The van der Waals surface area contributed by atoms with Crippen LogP contribution < -0.4 is 4.90 Å². The molecule has 0 unspecified atom stereocenters. The summed E-state index contributed by atoms with van der Waals surface area (Å²) in [6, 6.07) is 0. The summed E-state index contributed by atoms with van der Waals surface area (Å²) in [4.78, 5) is 16.1. The van der Waals surface area contributed by atoms with Crippen LogP contribution in [0.15, 0.2) is 16.9 Å². The SMILES string of the molecule is CCN(CCCO)c1c(Br)cncc1[N+](=O)[O-]. The van der Waals surface area contributed by atoms with E-state index in [1.54, 1.807) is 0 Å². The van der Waals surface area contributed by atoms with Gasteiger partial charge in [0.1, 0.15) is 11.9 Å². The molecular formula is C10H14BrN3O3. The predicted octanol–water partition coefficient (Wildman–Crippen LogP) is 1.96. The van der Waals surface area contributed by atoms with Gasteiger partial charge in [-0.2, -0.15) is 0 Å². The van der Waals surface area contributed by atoms with Crippen LogP contribution in [0.1, 0.15) is 13.3 Å². The second-order valence-corrected chi connectivity index (χ2v) is 4.26. The molecule has 1 heterocycles. The quantitative estimate of drug-likeness (QED) is 0.642. The number of halogens is 1. The summed E-state index contributed by atoms with van der Waals surface area (Å²) < 4.78 is 0.589. The maximum absolute atomic E-state index is 10.9. The minimum atomic E-state index is -0.450. The van der Waals surface area contributed by atoms with Gasteiger partial charge in [-0.15, -0.1) is 0 Å². The number of aromatic nitrogens is 1. The van der Waals surface area contributed by atoms with Crippen molar-refractivity contribution in [2.24, 2.45) is 0 Å². The van der Waals surface area contributed by atoms with E-state index < -0.39 is 4.92 Å². The molecule has 6 nitrogen and oxygen atoms in total. The number of nitrogens with zero attached hydrogens (tertiary/aromatic N) is 3. The van der Waals surface area contributed by atoms with Crippen molar-refractivity contribution in [3.05, 3.63) is 27.0 Å². The van der Waals surface area contributed by atoms with E-state index in [0.29, 0.717) is 29.7 Å². The fourth-order valence-electron chi connectivity index (χ4n) is 1.55. The summed E-state index contributed by atoms with van der Waals surface area (Å²) in [5.74, 6) is 0. The van der Waals surface area contributed by atoms with Gasteiger partial charge in [0.25, 0.3) is 0 Å². The number of rotatable bonds is 6. The first-order valence-corrected chi connectivity index (χ1v) is 6.04. The number of pyridine rings is 1. The average molecular weight is 304 g/mol. The van der Waals surface area contributed by atoms with Crippen LogP contribution in [0.5, 0.6) is 0 Å². The highest BCUT2D eigenvalue weighted by molar-refractivity contribution is 9.10. The van der Waals surface area contributed by atoms with Crippen LogP contribution in [0.3, 0.4) is 0 Å². The molecule has 0 fully saturated rings. The third kappa shape index (κ3) is 3.37. The zero-order chi connectivity index (χ0) is 12.8. The monoisotopic (exact) mass is 303 g/mol. The second kappa shape index (κ2) is 6.51. The van der Waals surface area contributed by atoms with Gasteiger partial charge < -0.3 is 10.0 Å². The lowest BCUT2D eigenvalue weighted by molar-refractivity contribution is -0.384. The molecular weight excluding hydrogens is 290 g/mol. The summed E-state index contributed by atoms with van der Waals surface area (Å²) in [7, 11) is 0. The van der Waals surface area contributed by atoms with Crippen molar-refractivity contribution in [2.75, 3.05) is 24.6 Å². The molecule has 0 saturated carbocycles. The number of aliphatic hydroxyl groups is 1. The van der Waals surface area contributed by atoms with Crippen LogP contribution in [0.2, 0.25) is 0 Å². The molecule has 0 spiro atoms. The van der Waals surface area contributed by atoms with Crippen molar-refractivity contribution < 1.29 is 10.0 Å². The fourth-order valence-corrected chi connectivity index (χ4v) is 2.13. The van der Waals surface area contributed by atoms with Crippen molar-refractivity contribution >= 4 is 27.3 Å². The Bertz CT molecular complexity index is 400. The van der Waals surface area contributed by atoms with Gasteiger partial charge in [-0.05, 0) is 29.3 Å². The van der Waals surface area contributed by atoms with E-state index in [0.717, 1.165) is 0 Å². The molecule has 0 atom stereocenters. The largest absolute Gasteiger partial charge is 0.396 e. The second-order valence-electron chi connectivity index (χ2n) is 3.40. The van der Waals surface area contributed by atoms with Crippen molar-refractivity contribution in [1.82, 2.24) is 4.98 Å². The molecule has 0 saturated heterocycles. The zero-order valence-electron chi connectivity index (χ0n) is 9.47. The number of aliphatic hydroxyl groups excluding tert-OH is 1. The Kier molecular flexibility index (Phi) is 5.30. The van der Waals surface area contributed by atoms with E-state index in [-0.39, 0.29) is 12.3 Å². The van der Waals surface area contributed by atoms with Crippen molar-refractivity contribution in [3.63, 3.8) is 0 Å². The standard InChI is InChI=1S/C10H14BrN3O3/c1-2-13(4-3-5-15)10-8(11)6-12-7-9(10)14(16)17/h6-7,15H,2-5H2,1H3. The van der Waals surface area contributed by atoms with Gasteiger partial charge >= 0.3 is 5.69 Å². The first kappa shape index (κ1) is 13.9. The highest BCUT2D eigenvalue weighted by Crippen LogP contribution is 2.34. The minimum Gasteiger partial charge on any atom is -0.396 e. The molecule has 0 amide bonds. The molecule has 94 valence electrons. The lowest BCUT2D eigenvalue weighted by atomic mass is 10.3. The van der Waals surface area contributed by atoms with Crippen LogP contribution in [0, 0.1) is 10.1 Å². The molecule has 1 aromatic rings. The van der Waals surface area contributed by atoms with Crippen molar-refractivity contribution in [2.45, 2.75) is 13.3 Å². The third-order valence-corrected chi connectivity index (χ3v) is 2.91. The average Bonchev–Trinajstić information content (AvgIpc) is 2.31. The predicted molar refractivity (Wildman–Crippen MR) is 68.2 cm³/mol. The summed E-state index contributed by atoms with van der Waals surface area (Å²) >= 11 is 3.28. The maximum Gasteiger partial charge on any atom is 0.311 e. The highest BCUT2D eigenvalue weighted by Gasteiger charge is 2.21. The zero-order valence-corrected chi connectivity index (χ0v) is 11.1. The van der Waals surface area contributed by atoms with E-state index in [4.69, 9.17) is 5.11 Å². The van der Waals surface area contributed by atoms with Crippen LogP contribution >= 0.6 is 15.9 Å². The normalized spacial score (nSPS) is 10.3. The lowest BCUT2D eigenvalue weighted by Crippen LogP contribution is -2.26. The molecule has 1 N–H and O–H groups in total. The summed E-state index contributed by atoms with van der Waals surface area (Å²) in [5.41, 5.74) is 0.486. The van der Waals surface area contributed by atoms with Crippen molar-refractivity contribution in [1.29, 1.82) is 0 Å². The Balaban J connectivity index is 3.11. The summed E-state index contributed by atoms with van der Waals surface area (Å²) in [5, 5.41) is 19.8. The van der Waals surface area contributed by atoms with E-state index in [1.807, 2.05) is 11.8 Å². The summed E-state index contributed by atoms with van der Waals surface area (Å²) in [6.45, 7) is 3.17. The van der Waals surface area contributed by atoms with Gasteiger partial charge in [-0.1, -0.05) is 0 Å². The number of nitro groups is 1. The molecule has 17 heavy (non-hydrogen) atoms. The molecule has 0 aliphatic rings. The molecule has 0 radical (unpaired) electrons. The molecule has 0 aromatic carbocycles. The van der Waals surface area contributed by atoms with Crippen LogP contribution in [0.4, 0.5) is 11.4 Å². The maximum atomic E-state index is 10.9.